The van der Waals surface area contributed by atoms with Crippen LogP contribution in [-0.4, -0.2) is 33.8 Å². The van der Waals surface area contributed by atoms with Gasteiger partial charge in [-0.1, -0.05) is 0 Å². The molecule has 3 nitrogen and oxygen atoms in total. The molecule has 0 saturated heterocycles. The van der Waals surface area contributed by atoms with Crippen LogP contribution in [0, 0.1) is 6.92 Å². The smallest absolute Gasteiger partial charge is 0.313 e. The molecule has 0 spiro atoms. The van der Waals surface area contributed by atoms with Crippen molar-refractivity contribution in [2.75, 3.05) is 0 Å². The predicted octanol–water partition coefficient (Wildman–Crippen LogP) is 4.70. The second-order valence-electron chi connectivity index (χ2n) is 7.67. The van der Waals surface area contributed by atoms with Crippen LogP contribution in [0.5, 0.6) is 0 Å². The predicted molar refractivity (Wildman–Crippen MR) is 93.8 cm³/mol. The van der Waals surface area contributed by atoms with Crippen LogP contribution in [0.4, 0.5) is 0 Å². The summed E-state index contributed by atoms with van der Waals surface area (Å²) in [6.07, 6.45) is 0.866. The minimum absolute atomic E-state index is 0. The van der Waals surface area contributed by atoms with Crippen molar-refractivity contribution in [1.29, 1.82) is 0 Å². The van der Waals surface area contributed by atoms with Crippen molar-refractivity contribution in [1.82, 2.24) is 0 Å². The third kappa shape index (κ3) is 12.4. The summed E-state index contributed by atoms with van der Waals surface area (Å²) >= 11 is 0. The Hall–Kier alpha value is 1.85. The molecule has 0 heterocycles. The van der Waals surface area contributed by atoms with Crippen LogP contribution in [-0.2, 0) is 45.1 Å². The molecule has 119 valence electrons. The van der Waals surface area contributed by atoms with E-state index in [2.05, 4.69) is 65.8 Å². The van der Waals surface area contributed by atoms with E-state index in [4.69, 9.17) is 12.3 Å². The zero-order valence-corrected chi connectivity index (χ0v) is 21.8. The molecule has 0 aliphatic carbocycles. The van der Waals surface area contributed by atoms with E-state index in [0.717, 1.165) is 12.5 Å². The van der Waals surface area contributed by atoms with Crippen LogP contribution in [0.15, 0.2) is 0 Å². The van der Waals surface area contributed by atoms with E-state index in [1.165, 1.54) is 0 Å². The minimum Gasteiger partial charge on any atom is -0.437 e. The van der Waals surface area contributed by atoms with Gasteiger partial charge in [0.15, 0.2) is 16.6 Å². The van der Waals surface area contributed by atoms with Gasteiger partial charge in [-0.15, -0.1) is 0 Å². The van der Waals surface area contributed by atoms with E-state index in [9.17, 15) is 0 Å². The van der Waals surface area contributed by atoms with Gasteiger partial charge in [0.25, 0.3) is 0 Å². The molecule has 0 bridgehead atoms. The molecule has 0 N–H and O–H groups in total. The topological polar surface area (TPSA) is 27.7 Å². The fraction of sp³-hybridized carbons (Fsp3) is 0.917. The zero-order valence-electron chi connectivity index (χ0n) is 14.9. The van der Waals surface area contributed by atoms with E-state index >= 15 is 0 Å². The average molecular weight is 427 g/mol. The van der Waals surface area contributed by atoms with E-state index in [-0.39, 0.29) is 32.7 Å². The van der Waals surface area contributed by atoms with Crippen LogP contribution in [0.3, 0.4) is 0 Å². The Labute approximate surface area is 156 Å². The van der Waals surface area contributed by atoms with Crippen LogP contribution in [0.25, 0.3) is 0 Å². The van der Waals surface area contributed by atoms with Crippen molar-refractivity contribution >= 4 is 33.8 Å². The maximum absolute atomic E-state index is 6.48. The standard InChI is InChI=1S/C12H33O3Si4.Y/c1-11-12-19(10,14-17(5,6)7)15-18(8,9)13-16(2,3)4;/h1,11-12H2,2-10H3;/q-1;. The Bertz CT molecular complexity index is 289. The molecule has 0 aliphatic rings. The van der Waals surface area contributed by atoms with Crippen molar-refractivity contribution in [3.63, 3.8) is 0 Å². The van der Waals surface area contributed by atoms with Crippen molar-refractivity contribution in [2.45, 2.75) is 71.4 Å². The number of hydrogen-bond acceptors (Lipinski definition) is 3. The SMILES string of the molecule is [CH2-]CC[Si](C)(O[Si](C)(C)C)O[Si](C)(C)O[Si](C)(C)C.[Y]. The molecule has 0 fully saturated rings. The van der Waals surface area contributed by atoms with Gasteiger partial charge in [0.2, 0.25) is 0 Å². The first-order chi connectivity index (χ1) is 8.18. The maximum atomic E-state index is 6.48. The van der Waals surface area contributed by atoms with Crippen LogP contribution >= 0.6 is 0 Å². The summed E-state index contributed by atoms with van der Waals surface area (Å²) in [6, 6.07) is 0.947. The largest absolute Gasteiger partial charge is 0.437 e. The van der Waals surface area contributed by atoms with Gasteiger partial charge in [0, 0.05) is 32.7 Å². The molecule has 0 amide bonds. The Morgan fingerprint density at radius 1 is 0.700 bits per heavy atom. The van der Waals surface area contributed by atoms with Gasteiger partial charge < -0.3 is 19.3 Å². The molecule has 20 heavy (non-hydrogen) atoms. The summed E-state index contributed by atoms with van der Waals surface area (Å²) in [5.41, 5.74) is 0. The first kappa shape index (κ1) is 24.1. The third-order valence-electron chi connectivity index (χ3n) is 2.17. The maximum Gasteiger partial charge on any atom is 0.313 e. The molecular formula is C12H33O3Si4Y-. The molecule has 0 saturated carbocycles. The van der Waals surface area contributed by atoms with Crippen molar-refractivity contribution in [3.8, 4) is 0 Å². The van der Waals surface area contributed by atoms with Crippen molar-refractivity contribution in [3.05, 3.63) is 6.92 Å². The molecular weight excluding hydrogens is 393 g/mol. The molecule has 1 unspecified atom stereocenters. The van der Waals surface area contributed by atoms with Crippen LogP contribution in [0.1, 0.15) is 6.42 Å². The number of hydrogen-bond donors (Lipinski definition) is 0. The zero-order chi connectivity index (χ0) is 15.5. The van der Waals surface area contributed by atoms with Crippen LogP contribution < -0.4 is 0 Å². The fourth-order valence-electron chi connectivity index (χ4n) is 2.37. The summed E-state index contributed by atoms with van der Waals surface area (Å²) in [5, 5.41) is 0. The molecule has 0 aromatic carbocycles. The minimum atomic E-state index is -2.16. The van der Waals surface area contributed by atoms with Gasteiger partial charge in [-0.05, 0) is 65.0 Å². The first-order valence-electron chi connectivity index (χ1n) is 7.08. The monoisotopic (exact) mass is 426 g/mol. The Morgan fingerprint density at radius 2 is 1.10 bits per heavy atom. The molecule has 0 aromatic rings. The van der Waals surface area contributed by atoms with Crippen molar-refractivity contribution < 1.29 is 45.1 Å². The summed E-state index contributed by atoms with van der Waals surface area (Å²) in [5.74, 6) is 0. The first-order valence-corrected chi connectivity index (χ1v) is 19.2. The number of rotatable bonds is 8. The Morgan fingerprint density at radius 3 is 1.40 bits per heavy atom. The Kier molecular flexibility index (Phi) is 10.4. The average Bonchev–Trinajstić information content (AvgIpc) is 1.90. The fourth-order valence-corrected chi connectivity index (χ4v) is 20.2. The summed E-state index contributed by atoms with van der Waals surface area (Å²) in [4.78, 5) is 0. The summed E-state index contributed by atoms with van der Waals surface area (Å²) in [7, 11) is -7.46. The van der Waals surface area contributed by atoms with E-state index < -0.39 is 33.8 Å². The molecule has 8 heteroatoms. The van der Waals surface area contributed by atoms with E-state index in [1.54, 1.807) is 0 Å². The van der Waals surface area contributed by atoms with Crippen molar-refractivity contribution in [2.24, 2.45) is 0 Å². The second kappa shape index (κ2) is 8.63. The third-order valence-corrected chi connectivity index (χ3v) is 15.7. The second-order valence-corrected chi connectivity index (χ2v) is 24.1. The van der Waals surface area contributed by atoms with Gasteiger partial charge >= 0.3 is 17.1 Å². The van der Waals surface area contributed by atoms with Gasteiger partial charge in [-0.25, -0.2) is 0 Å². The quantitative estimate of drug-likeness (QED) is 0.416. The van der Waals surface area contributed by atoms with Gasteiger partial charge in [0.05, 0.1) is 0 Å². The molecule has 1 radical (unpaired) electrons. The van der Waals surface area contributed by atoms with E-state index in [0.29, 0.717) is 0 Å². The Balaban J connectivity index is 0. The summed E-state index contributed by atoms with van der Waals surface area (Å²) in [6.45, 7) is 23.8. The van der Waals surface area contributed by atoms with Gasteiger partial charge in [-0.2, -0.15) is 6.42 Å². The van der Waals surface area contributed by atoms with Gasteiger partial charge in [0.1, 0.15) is 0 Å². The summed E-state index contributed by atoms with van der Waals surface area (Å²) < 4.78 is 19.2. The van der Waals surface area contributed by atoms with E-state index in [1.807, 2.05) is 0 Å². The van der Waals surface area contributed by atoms with Gasteiger partial charge in [-0.3, -0.25) is 0 Å². The molecule has 1 atom stereocenters. The molecule has 0 aliphatic heterocycles. The molecule has 0 rings (SSSR count). The normalized spacial score (nSPS) is 16.5. The molecule has 0 aromatic heterocycles. The van der Waals surface area contributed by atoms with Crippen LogP contribution in [0.2, 0.25) is 65.0 Å².